The van der Waals surface area contributed by atoms with Gasteiger partial charge in [0.05, 0.1) is 13.1 Å². The van der Waals surface area contributed by atoms with Crippen LogP contribution in [-0.4, -0.2) is 42.8 Å². The van der Waals surface area contributed by atoms with E-state index < -0.39 is 5.69 Å². The fourth-order valence-corrected chi connectivity index (χ4v) is 4.63. The second-order valence-electron chi connectivity index (χ2n) is 8.56. The van der Waals surface area contributed by atoms with Crippen LogP contribution in [0.1, 0.15) is 25.5 Å². The van der Waals surface area contributed by atoms with E-state index in [1.807, 2.05) is 34.9 Å². The number of H-pyrrole nitrogens is 1. The minimum absolute atomic E-state index is 0.0479. The molecule has 9 heteroatoms. The molecule has 5 rings (SSSR count). The van der Waals surface area contributed by atoms with Crippen LogP contribution in [0.5, 0.6) is 0 Å². The molecule has 4 aromatic rings. The van der Waals surface area contributed by atoms with Crippen LogP contribution >= 0.6 is 0 Å². The van der Waals surface area contributed by atoms with Gasteiger partial charge in [0.15, 0.2) is 11.2 Å². The number of benzene rings is 1. The Labute approximate surface area is 190 Å². The lowest BCUT2D eigenvalue weighted by Crippen LogP contribution is -2.44. The van der Waals surface area contributed by atoms with Crippen molar-refractivity contribution in [2.45, 2.75) is 38.9 Å². The molecule has 9 nitrogen and oxygen atoms in total. The van der Waals surface area contributed by atoms with Gasteiger partial charge in [-0.3, -0.25) is 18.5 Å². The van der Waals surface area contributed by atoms with Crippen LogP contribution in [0.4, 0.5) is 5.95 Å². The molecule has 3 N–H and O–H groups in total. The number of nitrogens with zero attached hydrogens (tertiary/aromatic N) is 5. The summed E-state index contributed by atoms with van der Waals surface area (Å²) in [6, 6.07) is 9.88. The third-order valence-corrected chi connectivity index (χ3v) is 6.28. The summed E-state index contributed by atoms with van der Waals surface area (Å²) < 4.78 is 4.53. The standard InChI is InChI=1S/C24H27N7O2/c1-3-4-12-30-20-21(27-23(30)29-11-7-9-17(25)14-29)28(2)24(33)31(22(20)32)15-18-13-16-8-5-6-10-19(16)26-18/h5-6,8,10,13,17,26H,7,9,11-12,14-15,25H2,1-2H3. The smallest absolute Gasteiger partial charge is 0.332 e. The van der Waals surface area contributed by atoms with Crippen molar-refractivity contribution in [2.75, 3.05) is 18.0 Å². The molecule has 0 amide bonds. The average Bonchev–Trinajstić information content (AvgIpc) is 3.40. The molecule has 33 heavy (non-hydrogen) atoms. The van der Waals surface area contributed by atoms with E-state index in [2.05, 4.69) is 21.7 Å². The molecule has 1 aromatic carbocycles. The molecular weight excluding hydrogens is 418 g/mol. The van der Waals surface area contributed by atoms with Gasteiger partial charge in [-0.1, -0.05) is 24.1 Å². The van der Waals surface area contributed by atoms with Crippen molar-refractivity contribution in [1.29, 1.82) is 0 Å². The number of imidazole rings is 1. The van der Waals surface area contributed by atoms with Gasteiger partial charge in [0, 0.05) is 37.4 Å². The summed E-state index contributed by atoms with van der Waals surface area (Å²) in [6.45, 7) is 3.67. The molecule has 1 saturated heterocycles. The van der Waals surface area contributed by atoms with Crippen LogP contribution in [0, 0.1) is 11.8 Å². The lowest BCUT2D eigenvalue weighted by Gasteiger charge is -2.31. The van der Waals surface area contributed by atoms with E-state index in [0.29, 0.717) is 30.2 Å². The number of hydrogen-bond donors (Lipinski definition) is 2. The molecule has 170 valence electrons. The molecule has 0 aliphatic carbocycles. The highest BCUT2D eigenvalue weighted by Crippen LogP contribution is 2.23. The molecule has 1 aliphatic rings. The normalized spacial score (nSPS) is 16.3. The van der Waals surface area contributed by atoms with E-state index in [0.717, 1.165) is 36.0 Å². The Kier molecular flexibility index (Phi) is 5.30. The fraction of sp³-hybridized carbons (Fsp3) is 0.375. The van der Waals surface area contributed by atoms with Gasteiger partial charge in [-0.05, 0) is 37.3 Å². The maximum Gasteiger partial charge on any atom is 0.332 e. The van der Waals surface area contributed by atoms with Crippen LogP contribution in [0.2, 0.25) is 0 Å². The fourth-order valence-electron chi connectivity index (χ4n) is 4.63. The maximum atomic E-state index is 13.6. The van der Waals surface area contributed by atoms with Crippen LogP contribution in [-0.2, 0) is 20.1 Å². The van der Waals surface area contributed by atoms with Gasteiger partial charge in [0.1, 0.15) is 0 Å². The summed E-state index contributed by atoms with van der Waals surface area (Å²) in [4.78, 5) is 37.0. The summed E-state index contributed by atoms with van der Waals surface area (Å²) in [6.07, 6.45) is 1.91. The van der Waals surface area contributed by atoms with Crippen LogP contribution in [0.15, 0.2) is 39.9 Å². The molecule has 1 aliphatic heterocycles. The van der Waals surface area contributed by atoms with Gasteiger partial charge in [0.25, 0.3) is 5.56 Å². The highest BCUT2D eigenvalue weighted by atomic mass is 16.2. The molecular formula is C24H27N7O2. The van der Waals surface area contributed by atoms with Gasteiger partial charge < -0.3 is 15.6 Å². The van der Waals surface area contributed by atoms with Gasteiger partial charge >= 0.3 is 5.69 Å². The first-order chi connectivity index (χ1) is 16.0. The summed E-state index contributed by atoms with van der Waals surface area (Å²) in [7, 11) is 1.65. The second-order valence-corrected chi connectivity index (χ2v) is 8.56. The first-order valence-electron chi connectivity index (χ1n) is 11.1. The highest BCUT2D eigenvalue weighted by Gasteiger charge is 2.26. The summed E-state index contributed by atoms with van der Waals surface area (Å²) in [5.74, 6) is 6.59. The molecule has 0 radical (unpaired) electrons. The quantitative estimate of drug-likeness (QED) is 0.462. The van der Waals surface area contributed by atoms with E-state index in [1.54, 1.807) is 14.0 Å². The zero-order chi connectivity index (χ0) is 23.1. The van der Waals surface area contributed by atoms with E-state index >= 15 is 0 Å². The molecule has 0 bridgehead atoms. The molecule has 1 unspecified atom stereocenters. The third kappa shape index (κ3) is 3.62. The van der Waals surface area contributed by atoms with E-state index in [-0.39, 0.29) is 18.1 Å². The summed E-state index contributed by atoms with van der Waals surface area (Å²) in [5, 5.41) is 1.03. The Balaban J connectivity index is 1.68. The number of nitrogens with two attached hydrogens (primary N) is 1. The van der Waals surface area contributed by atoms with Crippen molar-refractivity contribution >= 4 is 28.0 Å². The van der Waals surface area contributed by atoms with Crippen molar-refractivity contribution in [3.05, 3.63) is 56.9 Å². The maximum absolute atomic E-state index is 13.6. The second kappa shape index (κ2) is 8.30. The predicted molar refractivity (Wildman–Crippen MR) is 130 cm³/mol. The van der Waals surface area contributed by atoms with E-state index in [9.17, 15) is 9.59 Å². The topological polar surface area (TPSA) is 107 Å². The minimum Gasteiger partial charge on any atom is -0.357 e. The SMILES string of the molecule is CC#CCn1c(N2CCCC(N)C2)nc2c1c(=O)n(Cc1cc3ccccc3[nH]1)c(=O)n2C. The van der Waals surface area contributed by atoms with Crippen molar-refractivity contribution in [2.24, 2.45) is 12.8 Å². The van der Waals surface area contributed by atoms with Crippen LogP contribution < -0.4 is 21.9 Å². The Morgan fingerprint density at radius 1 is 1.24 bits per heavy atom. The van der Waals surface area contributed by atoms with Crippen molar-refractivity contribution in [3.63, 3.8) is 0 Å². The molecule has 4 heterocycles. The van der Waals surface area contributed by atoms with Gasteiger partial charge in [0.2, 0.25) is 5.95 Å². The average molecular weight is 446 g/mol. The largest absolute Gasteiger partial charge is 0.357 e. The lowest BCUT2D eigenvalue weighted by molar-refractivity contribution is 0.496. The number of aryl methyl sites for hydroxylation is 1. The van der Waals surface area contributed by atoms with Crippen molar-refractivity contribution in [3.8, 4) is 11.8 Å². The monoisotopic (exact) mass is 445 g/mol. The number of anilines is 1. The number of hydrogen-bond acceptors (Lipinski definition) is 5. The van der Waals surface area contributed by atoms with Crippen molar-refractivity contribution in [1.82, 2.24) is 23.7 Å². The third-order valence-electron chi connectivity index (χ3n) is 6.28. The number of piperidine rings is 1. The number of nitrogens with one attached hydrogen (secondary N) is 1. The Hall–Kier alpha value is -3.77. The van der Waals surface area contributed by atoms with Gasteiger partial charge in [-0.2, -0.15) is 4.98 Å². The van der Waals surface area contributed by atoms with E-state index in [4.69, 9.17) is 10.7 Å². The predicted octanol–water partition coefficient (Wildman–Crippen LogP) is 1.38. The Bertz CT molecular complexity index is 1490. The van der Waals surface area contributed by atoms with Crippen LogP contribution in [0.25, 0.3) is 22.1 Å². The lowest BCUT2D eigenvalue weighted by atomic mass is 10.1. The number of aromatic nitrogens is 5. The number of rotatable bonds is 4. The van der Waals surface area contributed by atoms with Crippen molar-refractivity contribution < 1.29 is 0 Å². The first-order valence-corrected chi connectivity index (χ1v) is 11.1. The Morgan fingerprint density at radius 2 is 2.06 bits per heavy atom. The molecule has 0 spiro atoms. The Morgan fingerprint density at radius 3 is 2.82 bits per heavy atom. The first kappa shape index (κ1) is 21.1. The summed E-state index contributed by atoms with van der Waals surface area (Å²) >= 11 is 0. The van der Waals surface area contributed by atoms with Gasteiger partial charge in [-0.15, -0.1) is 5.92 Å². The number of aromatic amines is 1. The zero-order valence-corrected chi connectivity index (χ0v) is 18.8. The number of para-hydroxylation sites is 1. The molecule has 1 fully saturated rings. The molecule has 0 saturated carbocycles. The summed E-state index contributed by atoms with van der Waals surface area (Å²) in [5.41, 5.74) is 7.92. The highest BCUT2D eigenvalue weighted by molar-refractivity contribution is 5.80. The zero-order valence-electron chi connectivity index (χ0n) is 18.8. The minimum atomic E-state index is -0.403. The molecule has 1 atom stereocenters. The van der Waals surface area contributed by atoms with Gasteiger partial charge in [-0.25, -0.2) is 4.79 Å². The number of fused-ring (bicyclic) bond motifs is 2. The molecule has 3 aromatic heterocycles. The van der Waals surface area contributed by atoms with E-state index in [1.165, 1.54) is 9.13 Å². The van der Waals surface area contributed by atoms with Crippen LogP contribution in [0.3, 0.4) is 0 Å².